The molecule has 1 aliphatic rings. The highest BCUT2D eigenvalue weighted by Gasteiger charge is 2.25. The van der Waals surface area contributed by atoms with Gasteiger partial charge >= 0.3 is 0 Å². The molecule has 106 valence electrons. The Morgan fingerprint density at radius 3 is 2.70 bits per heavy atom. The minimum Gasteiger partial charge on any atom is -0.366 e. The van der Waals surface area contributed by atoms with Crippen LogP contribution in [-0.4, -0.2) is 25.7 Å². The van der Waals surface area contributed by atoms with Crippen LogP contribution >= 0.6 is 15.9 Å². The highest BCUT2D eigenvalue weighted by molar-refractivity contribution is 9.10. The summed E-state index contributed by atoms with van der Waals surface area (Å²) in [6.07, 6.45) is 0. The monoisotopic (exact) mass is 332 g/mol. The van der Waals surface area contributed by atoms with Gasteiger partial charge in [0.25, 0.3) is 0 Å². The Kier molecular flexibility index (Phi) is 3.99. The van der Waals surface area contributed by atoms with Crippen molar-refractivity contribution in [3.05, 3.63) is 40.9 Å². The zero-order valence-corrected chi connectivity index (χ0v) is 13.7. The van der Waals surface area contributed by atoms with Crippen LogP contribution in [0.1, 0.15) is 13.8 Å². The average Bonchev–Trinajstić information content (AvgIpc) is 2.46. The topological polar surface area (TPSA) is 15.3 Å². The minimum absolute atomic E-state index is 0.580. The summed E-state index contributed by atoms with van der Waals surface area (Å²) in [4.78, 5) is 2.56. The Morgan fingerprint density at radius 2 is 1.90 bits per heavy atom. The van der Waals surface area contributed by atoms with Gasteiger partial charge < -0.3 is 10.2 Å². The number of nitrogens with one attached hydrogen (secondary N) is 1. The summed E-state index contributed by atoms with van der Waals surface area (Å²) in [5.74, 6) is 0.656. The van der Waals surface area contributed by atoms with E-state index >= 15 is 0 Å². The molecular weight excluding hydrogens is 312 g/mol. The van der Waals surface area contributed by atoms with E-state index in [0.29, 0.717) is 12.0 Å². The van der Waals surface area contributed by atoms with Gasteiger partial charge in [-0.3, -0.25) is 0 Å². The van der Waals surface area contributed by atoms with Gasteiger partial charge in [-0.15, -0.1) is 0 Å². The van der Waals surface area contributed by atoms with Crippen molar-refractivity contribution < 1.29 is 0 Å². The van der Waals surface area contributed by atoms with Crippen LogP contribution in [0.2, 0.25) is 0 Å². The fourth-order valence-corrected chi connectivity index (χ4v) is 3.40. The molecule has 1 heterocycles. The number of hydrogen-bond acceptors (Lipinski definition) is 2. The van der Waals surface area contributed by atoms with Crippen molar-refractivity contribution in [2.24, 2.45) is 5.92 Å². The van der Waals surface area contributed by atoms with E-state index in [0.717, 1.165) is 24.1 Å². The summed E-state index contributed by atoms with van der Waals surface area (Å²) in [7, 11) is 0. The lowest BCUT2D eigenvalue weighted by Gasteiger charge is -2.40. The maximum atomic E-state index is 3.54. The van der Waals surface area contributed by atoms with Crippen LogP contribution in [0, 0.1) is 5.92 Å². The fraction of sp³-hybridized carbons (Fsp3) is 0.412. The molecule has 2 nitrogen and oxygen atoms in total. The van der Waals surface area contributed by atoms with E-state index in [4.69, 9.17) is 0 Å². The normalized spacial score (nSPS) is 19.8. The Bertz CT molecular complexity index is 609. The number of hydrogen-bond donors (Lipinski definition) is 1. The van der Waals surface area contributed by atoms with E-state index in [1.54, 1.807) is 0 Å². The number of anilines is 1. The van der Waals surface area contributed by atoms with E-state index < -0.39 is 0 Å². The van der Waals surface area contributed by atoms with Crippen LogP contribution in [0.3, 0.4) is 0 Å². The molecule has 0 saturated carbocycles. The first kappa shape index (κ1) is 13.9. The number of nitrogens with zero attached hydrogens (tertiary/aromatic N) is 1. The molecule has 1 N–H and O–H groups in total. The van der Waals surface area contributed by atoms with E-state index in [9.17, 15) is 0 Å². The molecule has 3 rings (SSSR count). The van der Waals surface area contributed by atoms with Gasteiger partial charge in [0, 0.05) is 35.8 Å². The van der Waals surface area contributed by atoms with E-state index in [1.807, 2.05) is 0 Å². The van der Waals surface area contributed by atoms with Gasteiger partial charge in [-0.05, 0) is 41.0 Å². The first-order chi connectivity index (χ1) is 9.65. The fourth-order valence-electron chi connectivity index (χ4n) is 3.02. The van der Waals surface area contributed by atoms with Crippen molar-refractivity contribution in [1.82, 2.24) is 5.32 Å². The number of halogens is 1. The molecule has 2 aromatic carbocycles. The molecule has 1 saturated heterocycles. The van der Waals surface area contributed by atoms with Gasteiger partial charge in [0.05, 0.1) is 0 Å². The molecule has 0 radical (unpaired) electrons. The number of piperazine rings is 1. The van der Waals surface area contributed by atoms with Crippen LogP contribution in [0.15, 0.2) is 40.9 Å². The van der Waals surface area contributed by atoms with Crippen LogP contribution in [-0.2, 0) is 0 Å². The highest BCUT2D eigenvalue weighted by Crippen LogP contribution is 2.28. The Hall–Kier alpha value is -1.06. The van der Waals surface area contributed by atoms with E-state index in [2.05, 4.69) is 76.4 Å². The first-order valence-corrected chi connectivity index (χ1v) is 8.11. The number of rotatable bonds is 2. The van der Waals surface area contributed by atoms with Crippen LogP contribution in [0.25, 0.3) is 10.8 Å². The van der Waals surface area contributed by atoms with Gasteiger partial charge in [0.15, 0.2) is 0 Å². The van der Waals surface area contributed by atoms with Crippen LogP contribution in [0.4, 0.5) is 5.69 Å². The maximum Gasteiger partial charge on any atom is 0.0438 e. The molecule has 1 fully saturated rings. The third-order valence-corrected chi connectivity index (χ3v) is 4.66. The Balaban J connectivity index is 1.98. The highest BCUT2D eigenvalue weighted by atomic mass is 79.9. The molecule has 0 spiro atoms. The Labute approximate surface area is 129 Å². The van der Waals surface area contributed by atoms with Gasteiger partial charge in [-0.2, -0.15) is 0 Å². The molecule has 2 aromatic rings. The summed E-state index contributed by atoms with van der Waals surface area (Å²) in [5, 5.41) is 6.12. The number of fused-ring (bicyclic) bond motifs is 1. The number of benzene rings is 2. The maximum absolute atomic E-state index is 3.54. The summed E-state index contributed by atoms with van der Waals surface area (Å²) >= 11 is 3.54. The smallest absolute Gasteiger partial charge is 0.0438 e. The average molecular weight is 333 g/mol. The third kappa shape index (κ3) is 2.70. The minimum atomic E-state index is 0.580. The lowest BCUT2D eigenvalue weighted by molar-refractivity contribution is 0.390. The van der Waals surface area contributed by atoms with Gasteiger partial charge in [0.1, 0.15) is 0 Å². The first-order valence-electron chi connectivity index (χ1n) is 7.32. The second-order valence-corrected chi connectivity index (χ2v) is 6.80. The lowest BCUT2D eigenvalue weighted by atomic mass is 9.99. The zero-order valence-electron chi connectivity index (χ0n) is 12.1. The van der Waals surface area contributed by atoms with Gasteiger partial charge in [-0.25, -0.2) is 0 Å². The van der Waals surface area contributed by atoms with E-state index in [-0.39, 0.29) is 0 Å². The summed E-state index contributed by atoms with van der Waals surface area (Å²) in [6, 6.07) is 13.9. The van der Waals surface area contributed by atoms with E-state index in [1.165, 1.54) is 16.5 Å². The molecule has 0 bridgehead atoms. The second-order valence-electron chi connectivity index (χ2n) is 5.88. The third-order valence-electron chi connectivity index (χ3n) is 4.17. The predicted molar refractivity (Wildman–Crippen MR) is 90.5 cm³/mol. The molecular formula is C17H21BrN2. The van der Waals surface area contributed by atoms with Crippen molar-refractivity contribution in [1.29, 1.82) is 0 Å². The zero-order chi connectivity index (χ0) is 14.1. The molecule has 0 amide bonds. The quantitative estimate of drug-likeness (QED) is 0.892. The summed E-state index contributed by atoms with van der Waals surface area (Å²) < 4.78 is 1.14. The second kappa shape index (κ2) is 5.74. The molecule has 0 aromatic heterocycles. The van der Waals surface area contributed by atoms with Crippen molar-refractivity contribution in [2.75, 3.05) is 24.5 Å². The molecule has 3 heteroatoms. The van der Waals surface area contributed by atoms with Crippen LogP contribution < -0.4 is 10.2 Å². The molecule has 1 unspecified atom stereocenters. The molecule has 0 aliphatic carbocycles. The summed E-state index contributed by atoms with van der Waals surface area (Å²) in [5.41, 5.74) is 1.35. The van der Waals surface area contributed by atoms with Crippen LogP contribution in [0.5, 0.6) is 0 Å². The summed E-state index contributed by atoms with van der Waals surface area (Å²) in [6.45, 7) is 7.86. The molecule has 20 heavy (non-hydrogen) atoms. The SMILES string of the molecule is CC(C)C1CNCCN1c1ccc2cc(Br)ccc2c1. The largest absolute Gasteiger partial charge is 0.366 e. The van der Waals surface area contributed by atoms with Gasteiger partial charge in [0.2, 0.25) is 0 Å². The molecule has 1 atom stereocenters. The predicted octanol–water partition coefficient (Wildman–Crippen LogP) is 4.04. The van der Waals surface area contributed by atoms with Crippen molar-refractivity contribution >= 4 is 32.4 Å². The molecule has 1 aliphatic heterocycles. The lowest BCUT2D eigenvalue weighted by Crippen LogP contribution is -2.53. The van der Waals surface area contributed by atoms with Crippen molar-refractivity contribution in [3.63, 3.8) is 0 Å². The van der Waals surface area contributed by atoms with Gasteiger partial charge in [-0.1, -0.05) is 41.9 Å². The standard InChI is InChI=1S/C17H21BrN2/c1-12(2)17-11-19-7-8-20(17)16-6-4-13-9-15(18)5-3-14(13)10-16/h3-6,9-10,12,17,19H,7-8,11H2,1-2H3. The Morgan fingerprint density at radius 1 is 1.15 bits per heavy atom. The van der Waals surface area contributed by atoms with Crippen molar-refractivity contribution in [2.45, 2.75) is 19.9 Å². The van der Waals surface area contributed by atoms with Crippen molar-refractivity contribution in [3.8, 4) is 0 Å².